The smallest absolute Gasteiger partial charge is 0.416 e. The van der Waals surface area contributed by atoms with Crippen LogP contribution in [0, 0.1) is 13.8 Å². The van der Waals surface area contributed by atoms with Crippen LogP contribution >= 0.6 is 0 Å². The zero-order valence-corrected chi connectivity index (χ0v) is 33.4. The Balaban J connectivity index is 1.35. The highest BCUT2D eigenvalue weighted by Gasteiger charge is 2.29. The van der Waals surface area contributed by atoms with Crippen molar-refractivity contribution in [3.05, 3.63) is 77.6 Å². The van der Waals surface area contributed by atoms with Crippen LogP contribution in [0.2, 0.25) is 0 Å². The molecule has 4 rings (SSSR count). The number of nitrogens with one attached hydrogen (secondary N) is 3. The summed E-state index contributed by atoms with van der Waals surface area (Å²) >= 11 is 0. The fourth-order valence-electron chi connectivity index (χ4n) is 5.83. The highest BCUT2D eigenvalue weighted by Crippen LogP contribution is 2.26. The molecule has 0 aliphatic heterocycles. The predicted molar refractivity (Wildman–Crippen MR) is 210 cm³/mol. The van der Waals surface area contributed by atoms with E-state index in [1.807, 2.05) is 6.92 Å². The molecule has 16 nitrogen and oxygen atoms in total. The number of anilines is 1. The van der Waals surface area contributed by atoms with Crippen LogP contribution in [-0.4, -0.2) is 90.0 Å². The minimum atomic E-state index is -4.34. The molecule has 0 saturated carbocycles. The number of hydrogen-bond donors (Lipinski definition) is 4. The molecule has 3 amide bonds. The highest BCUT2D eigenvalue weighted by atomic mass is 32.2. The molecule has 17 heteroatoms. The number of carbonyl (C=O) groups excluding carboxylic acids is 3. The van der Waals surface area contributed by atoms with Crippen LogP contribution in [-0.2, 0) is 30.9 Å². The van der Waals surface area contributed by atoms with Gasteiger partial charge in [0.05, 0.1) is 23.2 Å². The van der Waals surface area contributed by atoms with Crippen molar-refractivity contribution in [1.82, 2.24) is 30.1 Å². The Morgan fingerprint density at radius 3 is 2.38 bits per heavy atom. The maximum atomic E-state index is 13.4. The molecule has 0 saturated heterocycles. The van der Waals surface area contributed by atoms with Crippen LogP contribution in [0.3, 0.4) is 0 Å². The van der Waals surface area contributed by atoms with Crippen LogP contribution in [0.25, 0.3) is 10.9 Å². The minimum Gasteiger partial charge on any atom is -0.494 e. The van der Waals surface area contributed by atoms with E-state index in [0.29, 0.717) is 67.0 Å². The lowest BCUT2D eigenvalue weighted by atomic mass is 10.1. The van der Waals surface area contributed by atoms with Gasteiger partial charge in [0.1, 0.15) is 23.2 Å². The number of ether oxygens (including phenoxy) is 2. The van der Waals surface area contributed by atoms with Crippen molar-refractivity contribution in [2.75, 3.05) is 31.1 Å². The van der Waals surface area contributed by atoms with Crippen LogP contribution in [0.5, 0.6) is 5.75 Å². The fourth-order valence-corrected chi connectivity index (χ4v) is 7.47. The standard InChI is InChI=1S/C39H51N7O9S/c1-7-16-41-34(47)13-10-20-54-30-21-26(2)35(27(3)22-30)56(52,53)44-31(37(49)50)25-42-36(48)28-14-15-32-29(23-28)24-43-46(32)19-11-18-45(33-12-8-9-17-40-33)38(51)55-39(4,5)6/h8-9,12,14-15,17,21-24,31,44H,7,10-11,13,16,18-20,25H2,1-6H3,(H,41,47)(H,42,48)(H,49,50)/t31-/m0/s1. The van der Waals surface area contributed by atoms with E-state index in [1.165, 1.54) is 17.0 Å². The second-order valence-electron chi connectivity index (χ2n) is 14.2. The number of aromatic nitrogens is 3. The molecule has 0 unspecified atom stereocenters. The quantitative estimate of drug-likeness (QED) is 0.0954. The molecule has 0 aliphatic carbocycles. The number of carboxylic acids is 1. The number of pyridine rings is 1. The fraction of sp³-hybridized carbons (Fsp3) is 0.436. The first-order chi connectivity index (χ1) is 26.5. The molecule has 0 aliphatic rings. The third-order valence-electron chi connectivity index (χ3n) is 8.35. The van der Waals surface area contributed by atoms with Gasteiger partial charge in [0, 0.05) is 49.7 Å². The van der Waals surface area contributed by atoms with E-state index in [-0.39, 0.29) is 23.0 Å². The van der Waals surface area contributed by atoms with Crippen molar-refractivity contribution in [1.29, 1.82) is 0 Å². The first-order valence-electron chi connectivity index (χ1n) is 18.4. The number of fused-ring (bicyclic) bond motifs is 1. The zero-order chi connectivity index (χ0) is 41.0. The molecule has 0 spiro atoms. The van der Waals surface area contributed by atoms with E-state index in [2.05, 4.69) is 25.4 Å². The number of benzene rings is 2. The topological polar surface area (TPSA) is 211 Å². The van der Waals surface area contributed by atoms with E-state index < -0.39 is 46.2 Å². The molecule has 4 N–H and O–H groups in total. The van der Waals surface area contributed by atoms with Crippen molar-refractivity contribution in [3.63, 3.8) is 0 Å². The third-order valence-corrected chi connectivity index (χ3v) is 10.1. The van der Waals surface area contributed by atoms with Crippen LogP contribution < -0.4 is 25.0 Å². The average molecular weight is 794 g/mol. The van der Waals surface area contributed by atoms with Gasteiger partial charge in [-0.3, -0.25) is 24.0 Å². The van der Waals surface area contributed by atoms with E-state index in [4.69, 9.17) is 9.47 Å². The predicted octanol–water partition coefficient (Wildman–Crippen LogP) is 4.73. The Morgan fingerprint density at radius 1 is 1.00 bits per heavy atom. The summed E-state index contributed by atoms with van der Waals surface area (Å²) in [6.45, 7) is 11.6. The molecule has 4 aromatic rings. The Hall–Kier alpha value is -5.55. The summed E-state index contributed by atoms with van der Waals surface area (Å²) in [5.41, 5.74) is 0.941. The summed E-state index contributed by atoms with van der Waals surface area (Å²) in [5, 5.41) is 20.3. The molecule has 2 heterocycles. The van der Waals surface area contributed by atoms with Gasteiger partial charge in [-0.1, -0.05) is 13.0 Å². The van der Waals surface area contributed by atoms with E-state index >= 15 is 0 Å². The largest absolute Gasteiger partial charge is 0.494 e. The van der Waals surface area contributed by atoms with Gasteiger partial charge in [-0.05, 0) is 107 Å². The van der Waals surface area contributed by atoms with Gasteiger partial charge in [0.25, 0.3) is 5.91 Å². The Bertz CT molecular complexity index is 2090. The number of sulfonamides is 1. The third kappa shape index (κ3) is 12.2. The maximum Gasteiger partial charge on any atom is 0.416 e. The lowest BCUT2D eigenvalue weighted by molar-refractivity contribution is -0.138. The number of hydrogen-bond acceptors (Lipinski definition) is 10. The lowest BCUT2D eigenvalue weighted by Crippen LogP contribution is -2.48. The Kier molecular flexibility index (Phi) is 14.9. The van der Waals surface area contributed by atoms with Gasteiger partial charge in [0.15, 0.2) is 0 Å². The van der Waals surface area contributed by atoms with E-state index in [9.17, 15) is 32.7 Å². The number of nitrogens with zero attached hydrogens (tertiary/aromatic N) is 4. The molecule has 302 valence electrons. The molecule has 0 bridgehead atoms. The highest BCUT2D eigenvalue weighted by molar-refractivity contribution is 7.89. The van der Waals surface area contributed by atoms with Crippen molar-refractivity contribution < 1.29 is 42.2 Å². The molecule has 0 radical (unpaired) electrons. The van der Waals surface area contributed by atoms with Crippen LogP contribution in [0.15, 0.2) is 65.8 Å². The van der Waals surface area contributed by atoms with Crippen molar-refractivity contribution in [3.8, 4) is 5.75 Å². The number of carbonyl (C=O) groups is 4. The number of carboxylic acid groups (broad SMARTS) is 1. The summed E-state index contributed by atoms with van der Waals surface area (Å²) in [5.74, 6) is -1.27. The van der Waals surface area contributed by atoms with Gasteiger partial charge in [-0.25, -0.2) is 18.2 Å². The molecular formula is C39H51N7O9S. The Morgan fingerprint density at radius 2 is 1.73 bits per heavy atom. The van der Waals surface area contributed by atoms with Gasteiger partial charge in [-0.2, -0.15) is 9.82 Å². The Labute approximate surface area is 327 Å². The van der Waals surface area contributed by atoms with Gasteiger partial charge >= 0.3 is 12.1 Å². The summed E-state index contributed by atoms with van der Waals surface area (Å²) in [4.78, 5) is 55.7. The van der Waals surface area contributed by atoms with Crippen molar-refractivity contribution in [2.45, 2.75) is 90.3 Å². The maximum absolute atomic E-state index is 13.4. The number of rotatable bonds is 19. The second kappa shape index (κ2) is 19.4. The second-order valence-corrected chi connectivity index (χ2v) is 15.9. The molecular weight excluding hydrogens is 743 g/mol. The molecule has 1 atom stereocenters. The molecule has 0 fully saturated rings. The van der Waals surface area contributed by atoms with Gasteiger partial charge in [0.2, 0.25) is 15.9 Å². The SMILES string of the molecule is CCCNC(=O)CCCOc1cc(C)c(S(=O)(=O)N[C@@H](CNC(=O)c2ccc3c(cnn3CCCN(C(=O)OC(C)(C)C)c3ccccn3)c2)C(=O)O)c(C)c1. The lowest BCUT2D eigenvalue weighted by Gasteiger charge is -2.26. The van der Waals surface area contributed by atoms with Crippen molar-refractivity contribution >= 4 is 50.6 Å². The molecule has 2 aromatic carbocycles. The number of amides is 3. The van der Waals surface area contributed by atoms with E-state index in [1.54, 1.807) is 88.1 Å². The summed E-state index contributed by atoms with van der Waals surface area (Å²) in [7, 11) is -4.34. The van der Waals surface area contributed by atoms with Crippen molar-refractivity contribution in [2.24, 2.45) is 0 Å². The first-order valence-corrected chi connectivity index (χ1v) is 19.9. The van der Waals surface area contributed by atoms with Gasteiger partial charge in [-0.15, -0.1) is 0 Å². The zero-order valence-electron chi connectivity index (χ0n) is 32.6. The van der Waals surface area contributed by atoms with E-state index in [0.717, 1.165) is 11.9 Å². The molecule has 56 heavy (non-hydrogen) atoms. The van der Waals surface area contributed by atoms with Crippen LogP contribution in [0.4, 0.5) is 10.6 Å². The monoisotopic (exact) mass is 793 g/mol. The summed E-state index contributed by atoms with van der Waals surface area (Å²) in [6.07, 6.45) is 4.81. The van der Waals surface area contributed by atoms with Gasteiger partial charge < -0.3 is 25.2 Å². The first kappa shape index (κ1) is 43.2. The minimum absolute atomic E-state index is 0.0657. The van der Waals surface area contributed by atoms with Crippen LogP contribution in [0.1, 0.15) is 74.9 Å². The number of aryl methyl sites for hydroxylation is 3. The summed E-state index contributed by atoms with van der Waals surface area (Å²) in [6, 6.07) is 11.6. The normalized spacial score (nSPS) is 12.2. The summed E-state index contributed by atoms with van der Waals surface area (Å²) < 4.78 is 42.2. The number of aliphatic carboxylic acids is 1. The molecule has 2 aromatic heterocycles. The average Bonchev–Trinajstić information content (AvgIpc) is 3.53.